The van der Waals surface area contributed by atoms with Crippen molar-refractivity contribution < 1.29 is 4.74 Å². The van der Waals surface area contributed by atoms with E-state index in [-0.39, 0.29) is 0 Å². The zero-order valence-electron chi connectivity index (χ0n) is 14.7. The van der Waals surface area contributed by atoms with E-state index in [2.05, 4.69) is 51.3 Å². The molecule has 1 fully saturated rings. The third kappa shape index (κ3) is 7.61. The molecule has 120 valence electrons. The van der Waals surface area contributed by atoms with Gasteiger partial charge in [-0.1, -0.05) is 20.8 Å². The zero-order chi connectivity index (χ0) is 15.2. The summed E-state index contributed by atoms with van der Waals surface area (Å²) in [5, 5.41) is 0. The number of hydrogen-bond acceptors (Lipinski definition) is 3. The Labute approximate surface area is 126 Å². The highest BCUT2D eigenvalue weighted by molar-refractivity contribution is 4.81. The molecule has 0 spiro atoms. The Bertz CT molecular complexity index is 257. The molecule has 1 heterocycles. The van der Waals surface area contributed by atoms with Crippen molar-refractivity contribution in [3.05, 3.63) is 0 Å². The number of piperazine rings is 1. The fourth-order valence-corrected chi connectivity index (χ4v) is 2.64. The summed E-state index contributed by atoms with van der Waals surface area (Å²) in [5.74, 6) is 0. The van der Waals surface area contributed by atoms with E-state index in [0.717, 1.165) is 19.8 Å². The highest BCUT2D eigenvalue weighted by Crippen LogP contribution is 2.20. The molecule has 0 aromatic rings. The van der Waals surface area contributed by atoms with E-state index in [4.69, 9.17) is 4.74 Å². The first kappa shape index (κ1) is 17.9. The van der Waals surface area contributed by atoms with Crippen LogP contribution in [0.15, 0.2) is 0 Å². The van der Waals surface area contributed by atoms with Crippen LogP contribution in [-0.4, -0.2) is 61.3 Å². The fraction of sp³-hybridized carbons (Fsp3) is 1.00. The maximum atomic E-state index is 5.77. The van der Waals surface area contributed by atoms with Crippen LogP contribution in [0.5, 0.6) is 0 Å². The van der Waals surface area contributed by atoms with Crippen molar-refractivity contribution >= 4 is 0 Å². The molecular weight excluding hydrogens is 248 g/mol. The lowest BCUT2D eigenvalue weighted by molar-refractivity contribution is 0.0401. The van der Waals surface area contributed by atoms with E-state index >= 15 is 0 Å². The monoisotopic (exact) mass is 284 g/mol. The standard InChI is InChI=1S/C17H36N2O/c1-16(2,3)8-7-14-20-15-13-18-9-11-19(12-10-18)17(4,5)6/h7-15H2,1-6H3. The Hall–Kier alpha value is -0.120. The first-order chi connectivity index (χ1) is 9.18. The van der Waals surface area contributed by atoms with Crippen LogP contribution in [0.1, 0.15) is 54.4 Å². The molecular formula is C17H36N2O. The number of nitrogens with zero attached hydrogens (tertiary/aromatic N) is 2. The third-order valence-electron chi connectivity index (χ3n) is 4.09. The second-order valence-electron chi connectivity index (χ2n) is 8.28. The molecule has 0 amide bonds. The van der Waals surface area contributed by atoms with Crippen molar-refractivity contribution in [2.45, 2.75) is 59.9 Å². The van der Waals surface area contributed by atoms with E-state index in [0.29, 0.717) is 11.0 Å². The summed E-state index contributed by atoms with van der Waals surface area (Å²) in [6.07, 6.45) is 2.43. The van der Waals surface area contributed by atoms with E-state index in [9.17, 15) is 0 Å². The third-order valence-corrected chi connectivity index (χ3v) is 4.09. The molecule has 0 aromatic carbocycles. The van der Waals surface area contributed by atoms with Gasteiger partial charge in [0.05, 0.1) is 6.61 Å². The van der Waals surface area contributed by atoms with Gasteiger partial charge in [0, 0.05) is 44.9 Å². The van der Waals surface area contributed by atoms with E-state index in [1.165, 1.54) is 39.0 Å². The van der Waals surface area contributed by atoms with Gasteiger partial charge >= 0.3 is 0 Å². The molecule has 0 bridgehead atoms. The van der Waals surface area contributed by atoms with Crippen molar-refractivity contribution in [1.82, 2.24) is 9.80 Å². The lowest BCUT2D eigenvalue weighted by Crippen LogP contribution is -2.53. The Morgan fingerprint density at radius 3 is 1.95 bits per heavy atom. The summed E-state index contributed by atoms with van der Waals surface area (Å²) >= 11 is 0. The fourth-order valence-electron chi connectivity index (χ4n) is 2.64. The molecule has 3 heteroatoms. The minimum absolute atomic E-state index is 0.315. The number of ether oxygens (including phenoxy) is 1. The Morgan fingerprint density at radius 2 is 1.45 bits per heavy atom. The molecule has 0 unspecified atom stereocenters. The topological polar surface area (TPSA) is 15.7 Å². The maximum absolute atomic E-state index is 5.77. The SMILES string of the molecule is CC(C)(C)CCCOCCN1CCN(C(C)(C)C)CC1. The van der Waals surface area contributed by atoms with E-state index in [1.807, 2.05) is 0 Å². The van der Waals surface area contributed by atoms with Crippen molar-refractivity contribution in [3.63, 3.8) is 0 Å². The number of rotatable bonds is 6. The summed E-state index contributed by atoms with van der Waals surface area (Å²) in [6, 6.07) is 0. The minimum Gasteiger partial charge on any atom is -0.380 e. The van der Waals surface area contributed by atoms with Crippen LogP contribution in [-0.2, 0) is 4.74 Å². The minimum atomic E-state index is 0.315. The van der Waals surface area contributed by atoms with E-state index < -0.39 is 0 Å². The van der Waals surface area contributed by atoms with Crippen molar-refractivity contribution in [2.75, 3.05) is 45.9 Å². The summed E-state index contributed by atoms with van der Waals surface area (Å²) < 4.78 is 5.77. The lowest BCUT2D eigenvalue weighted by atomic mass is 9.91. The maximum Gasteiger partial charge on any atom is 0.0593 e. The molecule has 1 saturated heterocycles. The summed E-state index contributed by atoms with van der Waals surface area (Å²) in [5.41, 5.74) is 0.752. The highest BCUT2D eigenvalue weighted by Gasteiger charge is 2.25. The predicted molar refractivity (Wildman–Crippen MR) is 87.3 cm³/mol. The molecule has 0 aromatic heterocycles. The van der Waals surface area contributed by atoms with Crippen LogP contribution in [0.3, 0.4) is 0 Å². The number of hydrogen-bond donors (Lipinski definition) is 0. The van der Waals surface area contributed by atoms with Crippen molar-refractivity contribution in [2.24, 2.45) is 5.41 Å². The first-order valence-corrected chi connectivity index (χ1v) is 8.24. The molecule has 0 radical (unpaired) electrons. The van der Waals surface area contributed by atoms with Gasteiger partial charge in [-0.15, -0.1) is 0 Å². The highest BCUT2D eigenvalue weighted by atomic mass is 16.5. The van der Waals surface area contributed by atoms with Crippen molar-refractivity contribution in [1.29, 1.82) is 0 Å². The summed E-state index contributed by atoms with van der Waals surface area (Å²) in [6.45, 7) is 21.4. The molecule has 1 aliphatic heterocycles. The van der Waals surface area contributed by atoms with Crippen LogP contribution in [0.25, 0.3) is 0 Å². The van der Waals surface area contributed by atoms with E-state index in [1.54, 1.807) is 0 Å². The molecule has 0 N–H and O–H groups in total. The van der Waals surface area contributed by atoms with Gasteiger partial charge < -0.3 is 4.74 Å². The molecule has 3 nitrogen and oxygen atoms in total. The van der Waals surface area contributed by atoms with Crippen LogP contribution >= 0.6 is 0 Å². The van der Waals surface area contributed by atoms with Crippen LogP contribution in [0.2, 0.25) is 0 Å². The first-order valence-electron chi connectivity index (χ1n) is 8.24. The average molecular weight is 284 g/mol. The Morgan fingerprint density at radius 1 is 0.850 bits per heavy atom. The summed E-state index contributed by atoms with van der Waals surface area (Å²) in [7, 11) is 0. The second-order valence-corrected chi connectivity index (χ2v) is 8.28. The molecule has 1 rings (SSSR count). The summed E-state index contributed by atoms with van der Waals surface area (Å²) in [4.78, 5) is 5.11. The molecule has 0 atom stereocenters. The van der Waals surface area contributed by atoms with Gasteiger partial charge in [-0.25, -0.2) is 0 Å². The van der Waals surface area contributed by atoms with Gasteiger partial charge in [-0.2, -0.15) is 0 Å². The average Bonchev–Trinajstić information content (AvgIpc) is 2.32. The lowest BCUT2D eigenvalue weighted by Gasteiger charge is -2.42. The second kappa shape index (κ2) is 7.77. The molecule has 0 saturated carbocycles. The molecule has 20 heavy (non-hydrogen) atoms. The van der Waals surface area contributed by atoms with Gasteiger partial charge in [0.1, 0.15) is 0 Å². The van der Waals surface area contributed by atoms with Gasteiger partial charge in [0.15, 0.2) is 0 Å². The Kier molecular flexibility index (Phi) is 6.96. The smallest absolute Gasteiger partial charge is 0.0593 e. The normalized spacial score (nSPS) is 19.5. The predicted octanol–water partition coefficient (Wildman–Crippen LogP) is 3.25. The van der Waals surface area contributed by atoms with Crippen molar-refractivity contribution in [3.8, 4) is 0 Å². The van der Waals surface area contributed by atoms with Gasteiger partial charge in [-0.05, 0) is 39.0 Å². The van der Waals surface area contributed by atoms with Gasteiger partial charge in [-0.3, -0.25) is 9.80 Å². The largest absolute Gasteiger partial charge is 0.380 e. The van der Waals surface area contributed by atoms with Crippen LogP contribution < -0.4 is 0 Å². The Balaban J connectivity index is 2.02. The van der Waals surface area contributed by atoms with Gasteiger partial charge in [0.25, 0.3) is 0 Å². The quantitative estimate of drug-likeness (QED) is 0.696. The van der Waals surface area contributed by atoms with Crippen LogP contribution in [0, 0.1) is 5.41 Å². The van der Waals surface area contributed by atoms with Gasteiger partial charge in [0.2, 0.25) is 0 Å². The molecule has 1 aliphatic rings. The van der Waals surface area contributed by atoms with Crippen LogP contribution in [0.4, 0.5) is 0 Å². The zero-order valence-corrected chi connectivity index (χ0v) is 14.7. The molecule has 0 aliphatic carbocycles.